The molecule has 2 aromatic rings. The third-order valence-electron chi connectivity index (χ3n) is 2.36. The number of thiazole rings is 1. The summed E-state index contributed by atoms with van der Waals surface area (Å²) in [6.07, 6.45) is 1.59. The first kappa shape index (κ1) is 12.9. The van der Waals surface area contributed by atoms with Crippen LogP contribution in [-0.2, 0) is 0 Å². The van der Waals surface area contributed by atoms with Gasteiger partial charge in [-0.1, -0.05) is 11.6 Å². The number of nitrogens with one attached hydrogen (secondary N) is 1. The number of ether oxygens (including phenoxy) is 1. The second-order valence-corrected chi connectivity index (χ2v) is 4.89. The maximum absolute atomic E-state index is 11.9. The molecule has 0 spiro atoms. The Bertz CT molecular complexity index is 570. The Hall–Kier alpha value is -1.59. The number of carbonyl (C=O) groups is 1. The lowest BCUT2D eigenvalue weighted by molar-refractivity contribution is 0.102. The molecule has 6 heteroatoms. The van der Waals surface area contributed by atoms with Crippen molar-refractivity contribution >= 4 is 34.5 Å². The number of hydrogen-bond acceptors (Lipinski definition) is 4. The zero-order valence-corrected chi connectivity index (χ0v) is 11.4. The Morgan fingerprint density at radius 3 is 2.89 bits per heavy atom. The summed E-state index contributed by atoms with van der Waals surface area (Å²) >= 11 is 7.28. The molecule has 0 unspecified atom stereocenters. The topological polar surface area (TPSA) is 51.2 Å². The molecule has 0 saturated heterocycles. The highest BCUT2D eigenvalue weighted by Crippen LogP contribution is 2.31. The molecular formula is C12H11ClN2O2S. The molecule has 0 bridgehead atoms. The van der Waals surface area contributed by atoms with Crippen molar-refractivity contribution in [2.75, 3.05) is 12.4 Å². The van der Waals surface area contributed by atoms with Crippen LogP contribution in [0.3, 0.4) is 0 Å². The number of amides is 1. The van der Waals surface area contributed by atoms with E-state index in [0.29, 0.717) is 21.5 Å². The summed E-state index contributed by atoms with van der Waals surface area (Å²) in [4.78, 5) is 15.8. The number of rotatable bonds is 3. The van der Waals surface area contributed by atoms with Crippen molar-refractivity contribution in [2.45, 2.75) is 6.92 Å². The lowest BCUT2D eigenvalue weighted by atomic mass is 10.2. The minimum absolute atomic E-state index is 0.259. The molecule has 0 aliphatic heterocycles. The second kappa shape index (κ2) is 5.37. The molecule has 0 radical (unpaired) electrons. The van der Waals surface area contributed by atoms with Crippen LogP contribution in [0.4, 0.5) is 5.69 Å². The first-order valence-electron chi connectivity index (χ1n) is 5.17. The van der Waals surface area contributed by atoms with E-state index in [1.54, 1.807) is 23.7 Å². The standard InChI is InChI=1S/C12H11ClN2O2S/c1-7-5-9(10(17-2)6-8(7)13)15-11(16)12-14-3-4-18-12/h3-6H,1-2H3,(H,15,16). The number of aromatic nitrogens is 1. The van der Waals surface area contributed by atoms with Gasteiger partial charge in [-0.2, -0.15) is 0 Å². The third-order valence-corrected chi connectivity index (χ3v) is 3.53. The summed E-state index contributed by atoms with van der Waals surface area (Å²) in [5.74, 6) is 0.264. The van der Waals surface area contributed by atoms with Crippen LogP contribution in [0.15, 0.2) is 23.7 Å². The molecule has 2 rings (SSSR count). The Morgan fingerprint density at radius 1 is 1.50 bits per heavy atom. The zero-order chi connectivity index (χ0) is 13.1. The van der Waals surface area contributed by atoms with E-state index in [9.17, 15) is 4.79 Å². The van der Waals surface area contributed by atoms with Crippen molar-refractivity contribution in [1.29, 1.82) is 0 Å². The molecule has 94 valence electrons. The van der Waals surface area contributed by atoms with Gasteiger partial charge in [-0.3, -0.25) is 4.79 Å². The van der Waals surface area contributed by atoms with E-state index in [1.807, 2.05) is 6.92 Å². The summed E-state index contributed by atoms with van der Waals surface area (Å²) in [7, 11) is 1.53. The van der Waals surface area contributed by atoms with E-state index in [2.05, 4.69) is 10.3 Å². The SMILES string of the molecule is COc1cc(Cl)c(C)cc1NC(=O)c1nccs1. The summed E-state index contributed by atoms with van der Waals surface area (Å²) < 4.78 is 5.18. The smallest absolute Gasteiger partial charge is 0.284 e. The van der Waals surface area contributed by atoms with Crippen LogP contribution in [0.2, 0.25) is 5.02 Å². The number of halogens is 1. The van der Waals surface area contributed by atoms with Crippen LogP contribution < -0.4 is 10.1 Å². The van der Waals surface area contributed by atoms with Crippen molar-refractivity contribution in [1.82, 2.24) is 4.98 Å². The van der Waals surface area contributed by atoms with Crippen molar-refractivity contribution < 1.29 is 9.53 Å². The summed E-state index contributed by atoms with van der Waals surface area (Å²) in [5, 5.41) is 5.51. The second-order valence-electron chi connectivity index (χ2n) is 3.59. The van der Waals surface area contributed by atoms with Crippen molar-refractivity contribution in [2.24, 2.45) is 0 Å². The van der Waals surface area contributed by atoms with E-state index in [1.165, 1.54) is 18.4 Å². The molecule has 1 amide bonds. The van der Waals surface area contributed by atoms with Gasteiger partial charge >= 0.3 is 0 Å². The van der Waals surface area contributed by atoms with Crippen LogP contribution in [0, 0.1) is 6.92 Å². The molecular weight excluding hydrogens is 272 g/mol. The van der Waals surface area contributed by atoms with Gasteiger partial charge in [0.15, 0.2) is 5.01 Å². The Kier molecular flexibility index (Phi) is 3.84. The van der Waals surface area contributed by atoms with Gasteiger partial charge in [-0.15, -0.1) is 11.3 Å². The molecule has 4 nitrogen and oxygen atoms in total. The van der Waals surface area contributed by atoms with Gasteiger partial charge in [-0.25, -0.2) is 4.98 Å². The fourth-order valence-electron chi connectivity index (χ4n) is 1.44. The van der Waals surface area contributed by atoms with Crippen LogP contribution >= 0.6 is 22.9 Å². The first-order valence-corrected chi connectivity index (χ1v) is 6.42. The fourth-order valence-corrected chi connectivity index (χ4v) is 2.13. The van der Waals surface area contributed by atoms with Gasteiger partial charge in [0.1, 0.15) is 5.75 Å². The molecule has 0 aliphatic carbocycles. The summed E-state index contributed by atoms with van der Waals surface area (Å²) in [6, 6.07) is 3.45. The maximum Gasteiger partial charge on any atom is 0.284 e. The molecule has 0 atom stereocenters. The number of benzene rings is 1. The number of carbonyl (C=O) groups excluding carboxylic acids is 1. The highest BCUT2D eigenvalue weighted by atomic mass is 35.5. The van der Waals surface area contributed by atoms with Crippen LogP contribution in [0.25, 0.3) is 0 Å². The zero-order valence-electron chi connectivity index (χ0n) is 9.86. The minimum Gasteiger partial charge on any atom is -0.495 e. The van der Waals surface area contributed by atoms with E-state index in [0.717, 1.165) is 5.56 Å². The van der Waals surface area contributed by atoms with Gasteiger partial charge in [0.05, 0.1) is 12.8 Å². The number of methoxy groups -OCH3 is 1. The van der Waals surface area contributed by atoms with Gasteiger partial charge in [0, 0.05) is 22.7 Å². The van der Waals surface area contributed by atoms with Crippen molar-refractivity contribution in [3.63, 3.8) is 0 Å². The predicted octanol–water partition coefficient (Wildman–Crippen LogP) is 3.37. The average Bonchev–Trinajstić information content (AvgIpc) is 2.87. The number of nitrogens with zero attached hydrogens (tertiary/aromatic N) is 1. The molecule has 0 saturated carbocycles. The van der Waals surface area contributed by atoms with E-state index < -0.39 is 0 Å². The summed E-state index contributed by atoms with van der Waals surface area (Å²) in [5.41, 5.74) is 1.45. The minimum atomic E-state index is -0.259. The average molecular weight is 283 g/mol. The molecule has 1 aromatic heterocycles. The quantitative estimate of drug-likeness (QED) is 0.939. The molecule has 1 N–H and O–H groups in total. The van der Waals surface area contributed by atoms with Crippen molar-refractivity contribution in [3.05, 3.63) is 39.3 Å². The van der Waals surface area contributed by atoms with E-state index in [4.69, 9.17) is 16.3 Å². The predicted molar refractivity (Wildman–Crippen MR) is 72.8 cm³/mol. The Morgan fingerprint density at radius 2 is 2.28 bits per heavy atom. The van der Waals surface area contributed by atoms with Gasteiger partial charge in [0.2, 0.25) is 0 Å². The molecule has 0 aliphatic rings. The summed E-state index contributed by atoms with van der Waals surface area (Å²) in [6.45, 7) is 1.86. The lowest BCUT2D eigenvalue weighted by Gasteiger charge is -2.11. The van der Waals surface area contributed by atoms with Crippen LogP contribution in [-0.4, -0.2) is 18.0 Å². The Balaban J connectivity index is 2.28. The number of anilines is 1. The van der Waals surface area contributed by atoms with Gasteiger partial charge in [-0.05, 0) is 18.6 Å². The number of hydrogen-bond donors (Lipinski definition) is 1. The van der Waals surface area contributed by atoms with E-state index >= 15 is 0 Å². The van der Waals surface area contributed by atoms with Gasteiger partial charge in [0.25, 0.3) is 5.91 Å². The van der Waals surface area contributed by atoms with Crippen LogP contribution in [0.5, 0.6) is 5.75 Å². The third kappa shape index (κ3) is 2.63. The van der Waals surface area contributed by atoms with Crippen molar-refractivity contribution in [3.8, 4) is 5.75 Å². The highest BCUT2D eigenvalue weighted by molar-refractivity contribution is 7.11. The van der Waals surface area contributed by atoms with Gasteiger partial charge < -0.3 is 10.1 Å². The maximum atomic E-state index is 11.9. The largest absolute Gasteiger partial charge is 0.495 e. The normalized spacial score (nSPS) is 10.2. The Labute approximate surface area is 114 Å². The molecule has 1 heterocycles. The first-order chi connectivity index (χ1) is 8.61. The lowest BCUT2D eigenvalue weighted by Crippen LogP contribution is -2.12. The monoisotopic (exact) mass is 282 g/mol. The molecule has 1 aromatic carbocycles. The molecule has 18 heavy (non-hydrogen) atoms. The van der Waals surface area contributed by atoms with E-state index in [-0.39, 0.29) is 5.91 Å². The number of aryl methyl sites for hydroxylation is 1. The fraction of sp³-hybridized carbons (Fsp3) is 0.167. The molecule has 0 fully saturated rings. The highest BCUT2D eigenvalue weighted by Gasteiger charge is 2.13. The van der Waals surface area contributed by atoms with Crippen LogP contribution in [0.1, 0.15) is 15.4 Å².